The third-order valence-corrected chi connectivity index (χ3v) is 23.1. The van der Waals surface area contributed by atoms with Gasteiger partial charge in [0.1, 0.15) is 17.1 Å². The van der Waals surface area contributed by atoms with Crippen molar-refractivity contribution in [2.45, 2.75) is 211 Å². The van der Waals surface area contributed by atoms with Gasteiger partial charge in [-0.25, -0.2) is 29.0 Å². The van der Waals surface area contributed by atoms with Crippen LogP contribution in [0.25, 0.3) is 66.9 Å². The van der Waals surface area contributed by atoms with Crippen LogP contribution in [0.4, 0.5) is 17.8 Å². The molecule has 0 bridgehead atoms. The average molecular weight is 1430 g/mol. The Morgan fingerprint density at radius 3 is 1.00 bits per heavy atom. The van der Waals surface area contributed by atoms with Crippen LogP contribution in [0.1, 0.15) is 190 Å². The van der Waals surface area contributed by atoms with Crippen molar-refractivity contribution in [3.05, 3.63) is 108 Å². The molecule has 0 amide bonds. The fourth-order valence-corrected chi connectivity index (χ4v) is 16.1. The molecule has 3 aliphatic heterocycles. The second-order valence-electron chi connectivity index (χ2n) is 31.4. The molecule has 7 fully saturated rings. The highest BCUT2D eigenvalue weighted by molar-refractivity contribution is 5.93. The topological polar surface area (TPSA) is 244 Å². The Hall–Kier alpha value is -7.61. The lowest BCUT2D eigenvalue weighted by atomic mass is 9.93. The number of rotatable bonds is 24. The van der Waals surface area contributed by atoms with Crippen molar-refractivity contribution in [2.24, 2.45) is 5.92 Å². The average Bonchev–Trinajstić information content (AvgIpc) is 1.63. The highest BCUT2D eigenvalue weighted by atomic mass is 16.3. The zero-order chi connectivity index (χ0) is 72.0. The van der Waals surface area contributed by atoms with E-state index < -0.39 is 0 Å². The number of aliphatic hydroxyl groups excluding tert-OH is 3. The molecule has 3 aromatic carbocycles. The minimum atomic E-state index is -0.193. The van der Waals surface area contributed by atoms with E-state index in [1.165, 1.54) is 68.3 Å². The molecule has 3 saturated heterocycles. The first-order chi connectivity index (χ1) is 51.4. The fraction of sp³-hybridized carbons (Fsp3) is 0.598. The van der Waals surface area contributed by atoms with E-state index >= 15 is 0 Å². The summed E-state index contributed by atoms with van der Waals surface area (Å²) in [6, 6.07) is 27.4. The van der Waals surface area contributed by atoms with Gasteiger partial charge in [-0.2, -0.15) is 30.2 Å². The molecule has 9 heterocycles. The Kier molecular flexibility index (Phi) is 25.4. The summed E-state index contributed by atoms with van der Waals surface area (Å²) in [6.07, 6.45) is 28.0. The Morgan fingerprint density at radius 1 is 0.371 bits per heavy atom. The number of likely N-dealkylation sites (N-methyl/N-ethyl adjacent to an activating group) is 2. The number of nitrogens with one attached hydrogen (secondary N) is 3. The van der Waals surface area contributed by atoms with Crippen LogP contribution in [0.2, 0.25) is 0 Å². The molecule has 0 radical (unpaired) electrons. The Bertz CT molecular complexity index is 4170. The third kappa shape index (κ3) is 19.4. The fourth-order valence-electron chi connectivity index (χ4n) is 16.1. The van der Waals surface area contributed by atoms with Crippen molar-refractivity contribution in [1.82, 2.24) is 83.7 Å². The summed E-state index contributed by atoms with van der Waals surface area (Å²) in [4.78, 5) is 41.0. The summed E-state index contributed by atoms with van der Waals surface area (Å²) in [5.41, 5.74) is 12.9. The number of piperazine rings is 2. The minimum Gasteiger partial charge on any atom is -0.393 e. The number of likely N-dealkylation sites (tertiary alicyclic amines) is 1. The number of nitrogens with zero attached hydrogens (tertiary/aromatic N) is 17. The van der Waals surface area contributed by atoms with Crippen molar-refractivity contribution in [3.8, 4) is 33.8 Å². The number of anilines is 3. The molecular weight excluding hydrogens is 1310 g/mol. The lowest BCUT2D eigenvalue weighted by Crippen LogP contribution is -2.43. The molecule has 4 saturated carbocycles. The smallest absolute Gasteiger partial charge is 0.224 e. The number of hydrogen-bond acceptors (Lipinski definition) is 20. The van der Waals surface area contributed by atoms with E-state index in [0.717, 1.165) is 267 Å². The summed E-state index contributed by atoms with van der Waals surface area (Å²) in [7, 11) is 4.39. The van der Waals surface area contributed by atoms with Gasteiger partial charge >= 0.3 is 0 Å². The van der Waals surface area contributed by atoms with Crippen LogP contribution in [0.3, 0.4) is 0 Å². The largest absolute Gasteiger partial charge is 0.393 e. The number of aromatic nitrogens is 12. The summed E-state index contributed by atoms with van der Waals surface area (Å²) in [5, 5.41) is 58.5. The maximum Gasteiger partial charge on any atom is 0.224 e. The van der Waals surface area contributed by atoms with Crippen molar-refractivity contribution >= 4 is 50.9 Å². The molecule has 0 atom stereocenters. The number of aliphatic hydroxyl groups is 3. The van der Waals surface area contributed by atoms with Gasteiger partial charge in [-0.05, 0) is 159 Å². The quantitative estimate of drug-likeness (QED) is 0.0308. The lowest BCUT2D eigenvalue weighted by molar-refractivity contribution is 0.108. The van der Waals surface area contributed by atoms with Crippen LogP contribution in [-0.4, -0.2) is 217 Å². The highest BCUT2D eigenvalue weighted by Gasteiger charge is 2.31. The molecular formula is C82H116N20O3. The third-order valence-electron chi connectivity index (χ3n) is 23.1. The zero-order valence-corrected chi connectivity index (χ0v) is 63.0. The van der Waals surface area contributed by atoms with Crippen LogP contribution in [-0.2, 0) is 19.6 Å². The van der Waals surface area contributed by atoms with Crippen molar-refractivity contribution in [3.63, 3.8) is 0 Å². The molecule has 0 spiro atoms. The van der Waals surface area contributed by atoms with Crippen LogP contribution < -0.4 is 16.0 Å². The van der Waals surface area contributed by atoms with E-state index in [9.17, 15) is 15.3 Å². The van der Waals surface area contributed by atoms with Gasteiger partial charge in [-0.3, -0.25) is 14.7 Å². The van der Waals surface area contributed by atoms with Crippen LogP contribution >= 0.6 is 0 Å². The molecule has 562 valence electrons. The van der Waals surface area contributed by atoms with Gasteiger partial charge in [0, 0.05) is 127 Å². The molecule has 0 unspecified atom stereocenters. The molecule has 7 aliphatic rings. The summed E-state index contributed by atoms with van der Waals surface area (Å²) in [6.45, 7) is 21.5. The van der Waals surface area contributed by atoms with E-state index in [1.54, 1.807) is 0 Å². The Balaban J connectivity index is 0.000000133. The summed E-state index contributed by atoms with van der Waals surface area (Å²) < 4.78 is 6.31. The van der Waals surface area contributed by atoms with Gasteiger partial charge in [0.2, 0.25) is 17.8 Å². The first-order valence-electron chi connectivity index (χ1n) is 40.3. The van der Waals surface area contributed by atoms with Crippen LogP contribution in [0, 0.1) is 5.92 Å². The molecule has 9 aromatic rings. The maximum absolute atomic E-state index is 10.0. The first-order valence-corrected chi connectivity index (χ1v) is 40.3. The summed E-state index contributed by atoms with van der Waals surface area (Å²) in [5.74, 6) is 2.90. The molecule has 16 rings (SSSR count). The Labute approximate surface area is 621 Å². The molecule has 105 heavy (non-hydrogen) atoms. The van der Waals surface area contributed by atoms with Crippen molar-refractivity contribution in [1.29, 1.82) is 0 Å². The van der Waals surface area contributed by atoms with Crippen LogP contribution in [0.15, 0.2) is 91.4 Å². The van der Waals surface area contributed by atoms with E-state index in [-0.39, 0.29) is 36.4 Å². The van der Waals surface area contributed by atoms with Crippen molar-refractivity contribution in [2.75, 3.05) is 115 Å². The SMILES string of the molecule is CCCCNc1ncc2c(-c3ccc(CN4CCCCC4)cc3)nn(C3CCC(O)CC3)c2n1.CCCCNc1ncc2c(-c3ccc(CN4CCN(C)CC4)cc3)nn(C3CCC(O)CC3)c2n1.CN1CCN(Cc2ccc(-c3nn(C4CCC(O)CC4)c4nc(NCCC5CC5)ncc34)cc2)CC1. The molecule has 6 N–H and O–H groups in total. The first kappa shape index (κ1) is 74.3. The molecule has 23 heteroatoms. The predicted molar refractivity (Wildman–Crippen MR) is 420 cm³/mol. The maximum atomic E-state index is 10.0. The monoisotopic (exact) mass is 1430 g/mol. The Morgan fingerprint density at radius 2 is 0.686 bits per heavy atom. The number of hydrogen-bond donors (Lipinski definition) is 6. The molecule has 4 aliphatic carbocycles. The highest BCUT2D eigenvalue weighted by Crippen LogP contribution is 2.39. The zero-order valence-electron chi connectivity index (χ0n) is 63.0. The number of unbranched alkanes of at least 4 members (excludes halogenated alkanes) is 2. The second kappa shape index (κ2) is 35.9. The van der Waals surface area contributed by atoms with E-state index in [4.69, 9.17) is 30.2 Å². The van der Waals surface area contributed by atoms with Gasteiger partial charge in [0.05, 0.1) is 52.6 Å². The van der Waals surface area contributed by atoms with Crippen molar-refractivity contribution < 1.29 is 15.3 Å². The molecule has 6 aromatic heterocycles. The number of benzene rings is 3. The normalized spacial score (nSPS) is 22.5. The van der Waals surface area contributed by atoms with E-state index in [0.29, 0.717) is 17.8 Å². The van der Waals surface area contributed by atoms with Crippen LogP contribution in [0.5, 0.6) is 0 Å². The minimum absolute atomic E-state index is 0.189. The lowest BCUT2D eigenvalue weighted by Gasteiger charge is -2.32. The van der Waals surface area contributed by atoms with Gasteiger partial charge in [-0.15, -0.1) is 0 Å². The number of piperidine rings is 1. The van der Waals surface area contributed by atoms with Gasteiger partial charge in [-0.1, -0.05) is 119 Å². The second-order valence-corrected chi connectivity index (χ2v) is 31.4. The van der Waals surface area contributed by atoms with Gasteiger partial charge < -0.3 is 41.1 Å². The van der Waals surface area contributed by atoms with Gasteiger partial charge in [0.15, 0.2) is 16.9 Å². The standard InChI is InChI=1S/C28H39N7O.C27H39N7O.C27H38N6O/c1-33-14-16-34(17-15-33)19-21-4-6-22(7-5-21)26-25-18-30-28(29-13-12-20-2-3-20)31-27(25)35(32-26)23-8-10-24(36)11-9-23;1-3-4-13-28-27-29-18-24-25(31-34(26(24)30-27)22-9-11-23(35)12-10-22)21-7-5-20(6-8-21)19-33-16-14-32(2)15-17-33;1-2-3-15-28-27-29-18-24-25(31-33(26(24)30-27)22-11-13-23(34)14-12-22)21-9-7-20(8-10-21)19-32-16-5-4-6-17-32/h4-7,18,20,23-24,36H,2-3,8-17,19H2,1H3,(H,29,30,31);5-8,18,22-23,35H,3-4,9-17,19H2,1-2H3,(H,28,29,30);7-10,18,22-23,34H,2-6,11-17,19H2,1H3,(H,28,29,30). The summed E-state index contributed by atoms with van der Waals surface area (Å²) >= 11 is 0. The van der Waals surface area contributed by atoms with E-state index in [2.05, 4.69) is 170 Å². The predicted octanol–water partition coefficient (Wildman–Crippen LogP) is 13.0. The number of fused-ring (bicyclic) bond motifs is 3. The molecule has 23 nitrogen and oxygen atoms in total. The van der Waals surface area contributed by atoms with Gasteiger partial charge in [0.25, 0.3) is 0 Å². The van der Waals surface area contributed by atoms with E-state index in [1.807, 2.05) is 18.6 Å².